The molecular weight excluding hydrogens is 264 g/mol. The fraction of sp³-hybridized carbons (Fsp3) is 0.562. The maximum Gasteiger partial charge on any atom is 0.316 e. The number of amides is 2. The first kappa shape index (κ1) is 17.5. The summed E-state index contributed by atoms with van der Waals surface area (Å²) in [7, 11) is 0. The lowest BCUT2D eigenvalue weighted by Crippen LogP contribution is -2.40. The van der Waals surface area contributed by atoms with Crippen molar-refractivity contribution in [3.63, 3.8) is 0 Å². The van der Waals surface area contributed by atoms with Crippen LogP contribution in [0.5, 0.6) is 0 Å². The van der Waals surface area contributed by atoms with Gasteiger partial charge in [-0.05, 0) is 44.6 Å². The molecule has 118 valence electrons. The molecule has 0 aliphatic rings. The van der Waals surface area contributed by atoms with Crippen molar-refractivity contribution in [2.24, 2.45) is 5.73 Å². The first-order valence-electron chi connectivity index (χ1n) is 7.61. The molecule has 0 aromatic heterocycles. The van der Waals surface area contributed by atoms with Crippen LogP contribution in [0.1, 0.15) is 39.3 Å². The maximum atomic E-state index is 10.8. The van der Waals surface area contributed by atoms with Crippen molar-refractivity contribution in [3.05, 3.63) is 29.8 Å². The number of rotatable bonds is 8. The van der Waals surface area contributed by atoms with E-state index in [1.165, 1.54) is 5.56 Å². The van der Waals surface area contributed by atoms with Crippen LogP contribution in [-0.4, -0.2) is 36.6 Å². The predicted octanol–water partition coefficient (Wildman–Crippen LogP) is 2.56. The second kappa shape index (κ2) is 8.64. The summed E-state index contributed by atoms with van der Waals surface area (Å²) in [5.74, 6) is 0. The lowest BCUT2D eigenvalue weighted by atomic mass is 10.1. The minimum absolute atomic E-state index is 0.262. The van der Waals surface area contributed by atoms with Crippen LogP contribution in [0.15, 0.2) is 24.3 Å². The summed E-state index contributed by atoms with van der Waals surface area (Å²) in [5.41, 5.74) is 7.00. The highest BCUT2D eigenvalue weighted by Crippen LogP contribution is 2.16. The highest BCUT2D eigenvalue weighted by atomic mass is 16.2. The maximum absolute atomic E-state index is 10.8. The van der Waals surface area contributed by atoms with E-state index >= 15 is 0 Å². The van der Waals surface area contributed by atoms with E-state index in [1.54, 1.807) is 0 Å². The number of nitrogens with zero attached hydrogens (tertiary/aromatic N) is 1. The largest absolute Gasteiger partial charge is 0.351 e. The van der Waals surface area contributed by atoms with E-state index in [2.05, 4.69) is 43.2 Å². The van der Waals surface area contributed by atoms with E-state index in [9.17, 15) is 4.79 Å². The molecule has 2 unspecified atom stereocenters. The third-order valence-corrected chi connectivity index (χ3v) is 3.64. The number of nitrogens with one attached hydrogen (secondary N) is 2. The fourth-order valence-electron chi connectivity index (χ4n) is 2.44. The summed E-state index contributed by atoms with van der Waals surface area (Å²) in [4.78, 5) is 13.2. The van der Waals surface area contributed by atoms with Crippen LogP contribution in [-0.2, 0) is 0 Å². The van der Waals surface area contributed by atoms with Gasteiger partial charge in [-0.25, -0.2) is 4.79 Å². The zero-order valence-electron chi connectivity index (χ0n) is 13.5. The molecule has 0 spiro atoms. The molecule has 0 aliphatic heterocycles. The number of hydrogen-bond donors (Lipinski definition) is 3. The molecule has 1 aromatic rings. The Balaban J connectivity index is 2.54. The van der Waals surface area contributed by atoms with Gasteiger partial charge in [-0.2, -0.15) is 0 Å². The van der Waals surface area contributed by atoms with E-state index in [0.29, 0.717) is 6.04 Å². The van der Waals surface area contributed by atoms with Crippen LogP contribution >= 0.6 is 0 Å². The number of hydrogen-bond acceptors (Lipinski definition) is 3. The van der Waals surface area contributed by atoms with Gasteiger partial charge in [0, 0.05) is 24.3 Å². The van der Waals surface area contributed by atoms with Gasteiger partial charge in [-0.3, -0.25) is 0 Å². The van der Waals surface area contributed by atoms with Crippen LogP contribution in [0.25, 0.3) is 0 Å². The molecule has 0 radical (unpaired) electrons. The smallest absolute Gasteiger partial charge is 0.316 e. The highest BCUT2D eigenvalue weighted by Gasteiger charge is 2.11. The summed E-state index contributed by atoms with van der Waals surface area (Å²) in [6.07, 6.45) is 0. The van der Waals surface area contributed by atoms with Crippen molar-refractivity contribution in [1.82, 2.24) is 10.2 Å². The van der Waals surface area contributed by atoms with Crippen molar-refractivity contribution < 1.29 is 4.79 Å². The Hall–Kier alpha value is -1.59. The number of carbonyl (C=O) groups is 1. The van der Waals surface area contributed by atoms with Gasteiger partial charge in [0.2, 0.25) is 0 Å². The Kier molecular flexibility index (Phi) is 7.19. The molecule has 2 atom stereocenters. The Bertz CT molecular complexity index is 428. The zero-order valence-corrected chi connectivity index (χ0v) is 13.5. The van der Waals surface area contributed by atoms with E-state index in [-0.39, 0.29) is 6.04 Å². The number of carbonyl (C=O) groups excluding carboxylic acids is 1. The summed E-state index contributed by atoms with van der Waals surface area (Å²) in [6, 6.07) is 7.89. The Labute approximate surface area is 127 Å². The number of nitrogens with two attached hydrogens (primary N) is 1. The molecule has 5 heteroatoms. The first-order chi connectivity index (χ1) is 9.96. The van der Waals surface area contributed by atoms with Gasteiger partial charge in [0.1, 0.15) is 0 Å². The number of benzene rings is 1. The van der Waals surface area contributed by atoms with Gasteiger partial charge in [-0.1, -0.05) is 26.0 Å². The first-order valence-corrected chi connectivity index (χ1v) is 7.61. The van der Waals surface area contributed by atoms with E-state index in [4.69, 9.17) is 5.73 Å². The van der Waals surface area contributed by atoms with Gasteiger partial charge < -0.3 is 21.3 Å². The van der Waals surface area contributed by atoms with Gasteiger partial charge in [0.15, 0.2) is 0 Å². The summed E-state index contributed by atoms with van der Waals surface area (Å²) in [6.45, 7) is 11.9. The van der Waals surface area contributed by atoms with Crippen LogP contribution < -0.4 is 16.4 Å². The summed E-state index contributed by atoms with van der Waals surface area (Å²) in [5, 5.41) is 6.17. The Morgan fingerprint density at radius 2 is 1.76 bits per heavy atom. The molecule has 0 aliphatic carbocycles. The fourth-order valence-corrected chi connectivity index (χ4v) is 2.44. The van der Waals surface area contributed by atoms with Gasteiger partial charge in [0.25, 0.3) is 0 Å². The number of primary amides is 1. The molecule has 21 heavy (non-hydrogen) atoms. The molecule has 5 nitrogen and oxygen atoms in total. The second-order valence-corrected chi connectivity index (χ2v) is 5.39. The average molecular weight is 292 g/mol. The quantitative estimate of drug-likeness (QED) is 0.689. The van der Waals surface area contributed by atoms with E-state index in [0.717, 1.165) is 25.3 Å². The van der Waals surface area contributed by atoms with Gasteiger partial charge in [-0.15, -0.1) is 0 Å². The second-order valence-electron chi connectivity index (χ2n) is 5.39. The zero-order chi connectivity index (χ0) is 15.8. The van der Waals surface area contributed by atoms with Crippen LogP contribution in [0.2, 0.25) is 0 Å². The standard InChI is InChI=1S/C16H28N4O/c1-5-20(6-2)11-12(3)18-13(4)14-7-9-15(10-8-14)19-16(17)21/h7-10,12-13,18H,5-6,11H2,1-4H3,(H3,17,19,21). The van der Waals surface area contributed by atoms with Crippen LogP contribution in [0.3, 0.4) is 0 Å². The third-order valence-electron chi connectivity index (χ3n) is 3.64. The van der Waals surface area contributed by atoms with Crippen molar-refractivity contribution in [2.75, 3.05) is 25.0 Å². The molecule has 0 saturated carbocycles. The predicted molar refractivity (Wildman–Crippen MR) is 88.4 cm³/mol. The Morgan fingerprint density at radius 3 is 2.24 bits per heavy atom. The third kappa shape index (κ3) is 6.14. The highest BCUT2D eigenvalue weighted by molar-refractivity contribution is 5.87. The van der Waals surface area contributed by atoms with Crippen molar-refractivity contribution in [3.8, 4) is 0 Å². The van der Waals surface area contributed by atoms with Gasteiger partial charge >= 0.3 is 6.03 Å². The van der Waals surface area contributed by atoms with Crippen LogP contribution in [0.4, 0.5) is 10.5 Å². The molecule has 2 amide bonds. The molecular formula is C16H28N4O. The van der Waals surface area contributed by atoms with Crippen molar-refractivity contribution in [1.29, 1.82) is 0 Å². The summed E-state index contributed by atoms with van der Waals surface area (Å²) >= 11 is 0. The lowest BCUT2D eigenvalue weighted by Gasteiger charge is -2.26. The van der Waals surface area contributed by atoms with E-state index in [1.807, 2.05) is 24.3 Å². The topological polar surface area (TPSA) is 70.4 Å². The number of likely N-dealkylation sites (N-methyl/N-ethyl adjacent to an activating group) is 1. The molecule has 1 aromatic carbocycles. The van der Waals surface area contributed by atoms with Crippen molar-refractivity contribution >= 4 is 11.7 Å². The normalized spacial score (nSPS) is 14.0. The lowest BCUT2D eigenvalue weighted by molar-refractivity contribution is 0.259. The average Bonchev–Trinajstić information content (AvgIpc) is 2.44. The molecule has 1 rings (SSSR count). The van der Waals surface area contributed by atoms with Crippen LogP contribution in [0, 0.1) is 0 Å². The summed E-state index contributed by atoms with van der Waals surface area (Å²) < 4.78 is 0. The molecule has 0 heterocycles. The van der Waals surface area contributed by atoms with Crippen molar-refractivity contribution in [2.45, 2.75) is 39.8 Å². The Morgan fingerprint density at radius 1 is 1.19 bits per heavy atom. The molecule has 0 bridgehead atoms. The molecule has 0 saturated heterocycles. The van der Waals surface area contributed by atoms with Gasteiger partial charge in [0.05, 0.1) is 0 Å². The number of anilines is 1. The number of urea groups is 1. The minimum atomic E-state index is -0.540. The monoisotopic (exact) mass is 292 g/mol. The van der Waals surface area contributed by atoms with E-state index < -0.39 is 6.03 Å². The molecule has 0 fully saturated rings. The SMILES string of the molecule is CCN(CC)CC(C)NC(C)c1ccc(NC(N)=O)cc1. The minimum Gasteiger partial charge on any atom is -0.351 e. The molecule has 4 N–H and O–H groups in total.